The van der Waals surface area contributed by atoms with Crippen LogP contribution in [0.3, 0.4) is 0 Å². The fourth-order valence-electron chi connectivity index (χ4n) is 2.22. The first-order chi connectivity index (χ1) is 10.7. The van der Waals surface area contributed by atoms with Crippen LogP contribution in [-0.2, 0) is 4.79 Å². The molecule has 4 nitrogen and oxygen atoms in total. The van der Waals surface area contributed by atoms with Gasteiger partial charge in [-0.2, -0.15) is 0 Å². The van der Waals surface area contributed by atoms with E-state index in [0.717, 1.165) is 11.1 Å². The smallest absolute Gasteiger partial charge is 0.221 e. The fourth-order valence-corrected chi connectivity index (χ4v) is 2.22. The van der Waals surface area contributed by atoms with E-state index < -0.39 is 6.10 Å². The summed E-state index contributed by atoms with van der Waals surface area (Å²) in [7, 11) is 0. The van der Waals surface area contributed by atoms with Crippen LogP contribution in [0.5, 0.6) is 0 Å². The van der Waals surface area contributed by atoms with Crippen molar-refractivity contribution in [3.05, 3.63) is 78.6 Å². The van der Waals surface area contributed by atoms with Crippen LogP contribution in [0.15, 0.2) is 67.5 Å². The van der Waals surface area contributed by atoms with Crippen molar-refractivity contribution in [3.8, 4) is 0 Å². The zero-order valence-corrected chi connectivity index (χ0v) is 12.4. The third-order valence-electron chi connectivity index (χ3n) is 3.50. The van der Waals surface area contributed by atoms with Crippen molar-refractivity contribution in [2.75, 3.05) is 6.54 Å². The molecular formula is C18H20N2O2. The van der Waals surface area contributed by atoms with E-state index in [1.165, 1.54) is 0 Å². The molecule has 1 amide bonds. The summed E-state index contributed by atoms with van der Waals surface area (Å²) in [5.74, 6) is -0.138. The van der Waals surface area contributed by atoms with Crippen LogP contribution in [0.1, 0.15) is 29.6 Å². The number of pyridine rings is 1. The minimum absolute atomic E-state index is 0.0285. The molecule has 0 aliphatic rings. The molecule has 0 aliphatic heterocycles. The lowest BCUT2D eigenvalue weighted by Gasteiger charge is -2.15. The van der Waals surface area contributed by atoms with Gasteiger partial charge >= 0.3 is 0 Å². The molecule has 1 aromatic carbocycles. The highest BCUT2D eigenvalue weighted by Crippen LogP contribution is 2.20. The summed E-state index contributed by atoms with van der Waals surface area (Å²) >= 11 is 0. The maximum Gasteiger partial charge on any atom is 0.221 e. The Labute approximate surface area is 130 Å². The van der Waals surface area contributed by atoms with Crippen molar-refractivity contribution in [1.82, 2.24) is 10.3 Å². The minimum Gasteiger partial charge on any atom is -0.387 e. The lowest BCUT2D eigenvalue weighted by Crippen LogP contribution is -2.29. The SMILES string of the molecule is C=CC(CC(=O)NCC(O)c1ccncc1)c1ccccc1. The first-order valence-corrected chi connectivity index (χ1v) is 7.23. The number of nitrogens with one attached hydrogen (secondary N) is 1. The number of rotatable bonds is 7. The molecule has 2 unspecified atom stereocenters. The molecule has 2 aromatic rings. The largest absolute Gasteiger partial charge is 0.387 e. The van der Waals surface area contributed by atoms with Gasteiger partial charge < -0.3 is 10.4 Å². The maximum absolute atomic E-state index is 12.0. The molecule has 0 fully saturated rings. The summed E-state index contributed by atoms with van der Waals surface area (Å²) in [5, 5.41) is 12.8. The normalized spacial score (nSPS) is 13.1. The van der Waals surface area contributed by atoms with Gasteiger partial charge in [0, 0.05) is 31.3 Å². The van der Waals surface area contributed by atoms with Gasteiger partial charge in [-0.1, -0.05) is 36.4 Å². The fraction of sp³-hybridized carbons (Fsp3) is 0.222. The maximum atomic E-state index is 12.0. The number of allylic oxidation sites excluding steroid dienone is 1. The van der Waals surface area contributed by atoms with Gasteiger partial charge in [0.1, 0.15) is 0 Å². The zero-order chi connectivity index (χ0) is 15.8. The average molecular weight is 296 g/mol. The number of carbonyl (C=O) groups is 1. The van der Waals surface area contributed by atoms with Crippen molar-refractivity contribution >= 4 is 5.91 Å². The van der Waals surface area contributed by atoms with Crippen molar-refractivity contribution in [3.63, 3.8) is 0 Å². The number of amides is 1. The van der Waals surface area contributed by atoms with E-state index in [0.29, 0.717) is 6.42 Å². The molecule has 0 spiro atoms. The Bertz CT molecular complexity index is 599. The molecule has 0 saturated heterocycles. The molecule has 0 aliphatic carbocycles. The number of aliphatic hydroxyl groups is 1. The van der Waals surface area contributed by atoms with Gasteiger partial charge in [-0.3, -0.25) is 9.78 Å². The highest BCUT2D eigenvalue weighted by atomic mass is 16.3. The van der Waals surface area contributed by atoms with E-state index in [1.54, 1.807) is 30.6 Å². The summed E-state index contributed by atoms with van der Waals surface area (Å²) in [6.45, 7) is 3.98. The number of carbonyl (C=O) groups excluding carboxylic acids is 1. The highest BCUT2D eigenvalue weighted by molar-refractivity contribution is 5.77. The van der Waals surface area contributed by atoms with Crippen LogP contribution in [0.4, 0.5) is 0 Å². The topological polar surface area (TPSA) is 62.2 Å². The molecule has 1 aromatic heterocycles. The van der Waals surface area contributed by atoms with Gasteiger partial charge in [0.25, 0.3) is 0 Å². The molecule has 1 heterocycles. The molecule has 0 saturated carbocycles. The minimum atomic E-state index is -0.731. The van der Waals surface area contributed by atoms with Gasteiger partial charge in [0.05, 0.1) is 6.10 Å². The Balaban J connectivity index is 1.86. The van der Waals surface area contributed by atoms with Crippen LogP contribution >= 0.6 is 0 Å². The number of hydrogen-bond donors (Lipinski definition) is 2. The zero-order valence-electron chi connectivity index (χ0n) is 12.4. The third kappa shape index (κ3) is 4.53. The van der Waals surface area contributed by atoms with Gasteiger partial charge in [0.15, 0.2) is 0 Å². The number of nitrogens with zero attached hydrogens (tertiary/aromatic N) is 1. The molecule has 0 bridgehead atoms. The molecule has 0 radical (unpaired) electrons. The first kappa shape index (κ1) is 15.9. The van der Waals surface area contributed by atoms with Crippen molar-refractivity contribution in [2.45, 2.75) is 18.4 Å². The van der Waals surface area contributed by atoms with E-state index in [2.05, 4.69) is 16.9 Å². The summed E-state index contributed by atoms with van der Waals surface area (Å²) in [6.07, 6.45) is 4.59. The van der Waals surface area contributed by atoms with Gasteiger partial charge in [-0.05, 0) is 23.3 Å². The van der Waals surface area contributed by atoms with E-state index in [1.807, 2.05) is 30.3 Å². The van der Waals surface area contributed by atoms with Crippen LogP contribution < -0.4 is 5.32 Å². The summed E-state index contributed by atoms with van der Waals surface area (Å²) in [4.78, 5) is 15.9. The number of benzene rings is 1. The second-order valence-corrected chi connectivity index (χ2v) is 5.06. The highest BCUT2D eigenvalue weighted by Gasteiger charge is 2.14. The Morgan fingerprint density at radius 3 is 2.50 bits per heavy atom. The van der Waals surface area contributed by atoms with E-state index in [9.17, 15) is 9.90 Å². The Morgan fingerprint density at radius 2 is 1.86 bits per heavy atom. The summed E-state index contributed by atoms with van der Waals surface area (Å²) in [5.41, 5.74) is 1.79. The molecule has 4 heteroatoms. The monoisotopic (exact) mass is 296 g/mol. The van der Waals surface area contributed by atoms with Crippen LogP contribution in [0, 0.1) is 0 Å². The van der Waals surface area contributed by atoms with Crippen LogP contribution in [0.25, 0.3) is 0 Å². The van der Waals surface area contributed by atoms with Gasteiger partial charge in [-0.15, -0.1) is 6.58 Å². The van der Waals surface area contributed by atoms with E-state index in [4.69, 9.17) is 0 Å². The van der Waals surface area contributed by atoms with Crippen LogP contribution in [-0.4, -0.2) is 22.5 Å². The molecule has 22 heavy (non-hydrogen) atoms. The lowest BCUT2D eigenvalue weighted by molar-refractivity contribution is -0.121. The molecule has 2 N–H and O–H groups in total. The Kier molecular flexibility index (Phi) is 5.86. The first-order valence-electron chi connectivity index (χ1n) is 7.23. The predicted molar refractivity (Wildman–Crippen MR) is 86.2 cm³/mol. The Morgan fingerprint density at radius 1 is 1.18 bits per heavy atom. The van der Waals surface area contributed by atoms with Crippen molar-refractivity contribution in [1.29, 1.82) is 0 Å². The van der Waals surface area contributed by atoms with Gasteiger partial charge in [-0.25, -0.2) is 0 Å². The standard InChI is InChI=1S/C18H20N2O2/c1-2-14(15-6-4-3-5-7-15)12-18(22)20-13-17(21)16-8-10-19-11-9-16/h2-11,14,17,21H,1,12-13H2,(H,20,22). The second kappa shape index (κ2) is 8.10. The molecule has 2 atom stereocenters. The van der Waals surface area contributed by atoms with Gasteiger partial charge in [0.2, 0.25) is 5.91 Å². The molecule has 114 valence electrons. The van der Waals surface area contributed by atoms with Crippen molar-refractivity contribution < 1.29 is 9.90 Å². The third-order valence-corrected chi connectivity index (χ3v) is 3.50. The van der Waals surface area contributed by atoms with E-state index >= 15 is 0 Å². The number of aromatic nitrogens is 1. The van der Waals surface area contributed by atoms with Crippen LogP contribution in [0.2, 0.25) is 0 Å². The predicted octanol–water partition coefficient (Wildman–Crippen LogP) is 2.59. The van der Waals surface area contributed by atoms with Crippen molar-refractivity contribution in [2.24, 2.45) is 0 Å². The second-order valence-electron chi connectivity index (χ2n) is 5.06. The molecular weight excluding hydrogens is 276 g/mol. The summed E-state index contributed by atoms with van der Waals surface area (Å²) < 4.78 is 0. The Hall–Kier alpha value is -2.46. The summed E-state index contributed by atoms with van der Waals surface area (Å²) in [6, 6.07) is 13.2. The molecule has 2 rings (SSSR count). The quantitative estimate of drug-likeness (QED) is 0.772. The number of aliphatic hydroxyl groups excluding tert-OH is 1. The van der Waals surface area contributed by atoms with E-state index in [-0.39, 0.29) is 18.4 Å². The lowest BCUT2D eigenvalue weighted by atomic mass is 9.95. The average Bonchev–Trinajstić information content (AvgIpc) is 2.59. The number of hydrogen-bond acceptors (Lipinski definition) is 3.